The summed E-state index contributed by atoms with van der Waals surface area (Å²) in [6, 6.07) is 2.08. The number of nitrogens with one attached hydrogen (secondary N) is 1. The van der Waals surface area contributed by atoms with E-state index >= 15 is 0 Å². The van der Waals surface area contributed by atoms with Crippen molar-refractivity contribution in [2.24, 2.45) is 4.99 Å². The van der Waals surface area contributed by atoms with Crippen molar-refractivity contribution in [3.8, 4) is 0 Å². The molecule has 0 spiro atoms. The topological polar surface area (TPSA) is 61.2 Å². The fraction of sp³-hybridized carbons (Fsp3) is 0.500. The molecular weight excluding hydrogens is 338 g/mol. The molecule has 1 N–H and O–H groups in total. The SMILES string of the molecule is CCN1NC=C2C3=C(C=NC21)CN(N1CC(C)OCS1)c1ccnn13. The minimum absolute atomic E-state index is 0.0325. The summed E-state index contributed by atoms with van der Waals surface area (Å²) >= 11 is 1.70. The van der Waals surface area contributed by atoms with Crippen LogP contribution in [-0.4, -0.2) is 63.3 Å². The van der Waals surface area contributed by atoms with Crippen molar-refractivity contribution in [3.63, 3.8) is 0 Å². The molecule has 0 aromatic carbocycles. The van der Waals surface area contributed by atoms with Crippen LogP contribution >= 0.6 is 11.9 Å². The summed E-state index contributed by atoms with van der Waals surface area (Å²) in [4.78, 5) is 4.77. The quantitative estimate of drug-likeness (QED) is 0.799. The van der Waals surface area contributed by atoms with Crippen LogP contribution in [0.4, 0.5) is 5.82 Å². The van der Waals surface area contributed by atoms with E-state index in [2.05, 4.69) is 51.1 Å². The normalized spacial score (nSPS) is 29.2. The molecule has 4 aliphatic rings. The Balaban J connectivity index is 1.53. The molecule has 0 radical (unpaired) electrons. The van der Waals surface area contributed by atoms with Crippen LogP contribution in [-0.2, 0) is 4.74 Å². The summed E-state index contributed by atoms with van der Waals surface area (Å²) in [6.45, 7) is 6.78. The smallest absolute Gasteiger partial charge is 0.148 e. The van der Waals surface area contributed by atoms with E-state index in [0.29, 0.717) is 5.94 Å². The van der Waals surface area contributed by atoms with E-state index in [-0.39, 0.29) is 12.3 Å². The van der Waals surface area contributed by atoms with Gasteiger partial charge >= 0.3 is 0 Å². The van der Waals surface area contributed by atoms with Crippen LogP contribution in [0.5, 0.6) is 0 Å². The van der Waals surface area contributed by atoms with Crippen molar-refractivity contribution in [3.05, 3.63) is 29.6 Å². The van der Waals surface area contributed by atoms with Gasteiger partial charge < -0.3 is 10.2 Å². The van der Waals surface area contributed by atoms with Crippen LogP contribution in [0.25, 0.3) is 5.70 Å². The maximum absolute atomic E-state index is 5.67. The van der Waals surface area contributed by atoms with Gasteiger partial charge in [0.15, 0.2) is 0 Å². The van der Waals surface area contributed by atoms with Gasteiger partial charge in [-0.05, 0) is 18.9 Å². The van der Waals surface area contributed by atoms with E-state index < -0.39 is 0 Å². The van der Waals surface area contributed by atoms with Gasteiger partial charge in [-0.25, -0.2) is 4.68 Å². The Morgan fingerprint density at radius 1 is 1.44 bits per heavy atom. The molecule has 8 nitrogen and oxygen atoms in total. The molecule has 5 heterocycles. The van der Waals surface area contributed by atoms with Gasteiger partial charge in [0, 0.05) is 36.2 Å². The maximum Gasteiger partial charge on any atom is 0.148 e. The molecule has 25 heavy (non-hydrogen) atoms. The number of nitrogens with zero attached hydrogens (tertiary/aromatic N) is 6. The molecule has 5 rings (SSSR count). The molecule has 132 valence electrons. The van der Waals surface area contributed by atoms with Crippen molar-refractivity contribution < 1.29 is 4.74 Å². The number of hydrazine groups is 2. The van der Waals surface area contributed by atoms with E-state index in [1.54, 1.807) is 11.9 Å². The summed E-state index contributed by atoms with van der Waals surface area (Å²) < 4.78 is 10.00. The monoisotopic (exact) mass is 359 g/mol. The van der Waals surface area contributed by atoms with Crippen molar-refractivity contribution in [1.82, 2.24) is 24.6 Å². The van der Waals surface area contributed by atoms with Crippen LogP contribution in [0.15, 0.2) is 34.6 Å². The van der Waals surface area contributed by atoms with Gasteiger partial charge in [0.1, 0.15) is 17.9 Å². The summed E-state index contributed by atoms with van der Waals surface area (Å²) in [5.41, 5.74) is 6.86. The van der Waals surface area contributed by atoms with Crippen molar-refractivity contribution >= 4 is 29.7 Å². The Morgan fingerprint density at radius 2 is 2.36 bits per heavy atom. The predicted molar refractivity (Wildman–Crippen MR) is 98.4 cm³/mol. The third-order valence-electron chi connectivity index (χ3n) is 4.91. The maximum atomic E-state index is 5.67. The van der Waals surface area contributed by atoms with Gasteiger partial charge in [-0.1, -0.05) is 6.92 Å². The summed E-state index contributed by atoms with van der Waals surface area (Å²) in [5, 5.41) is 9.03. The zero-order chi connectivity index (χ0) is 17.0. The number of aliphatic imine (C=N–C) groups is 1. The number of likely N-dealkylation sites (N-methyl/N-ethyl adjacent to an activating group) is 1. The number of aromatic nitrogens is 2. The molecular formula is C16H21N7OS. The lowest BCUT2D eigenvalue weighted by Gasteiger charge is -2.42. The van der Waals surface area contributed by atoms with Gasteiger partial charge in [0.25, 0.3) is 0 Å². The highest BCUT2D eigenvalue weighted by Gasteiger charge is 2.38. The minimum Gasteiger partial charge on any atom is -0.365 e. The van der Waals surface area contributed by atoms with Gasteiger partial charge in [-0.3, -0.25) is 10.0 Å². The number of anilines is 1. The standard InChI is InChI=1S/C16H21N7OS/c1-3-20-16-13(7-19-20)15-12(6-17-16)9-21(14-4-5-18-23(14)15)22-8-11(2)24-10-25-22/h4-7,11,16,19H,3,8-10H2,1-2H3. The second kappa shape index (κ2) is 5.87. The van der Waals surface area contributed by atoms with Crippen molar-refractivity contribution in [2.45, 2.75) is 26.1 Å². The van der Waals surface area contributed by atoms with Crippen LogP contribution in [0.2, 0.25) is 0 Å². The summed E-state index contributed by atoms with van der Waals surface area (Å²) in [5.74, 6) is 1.76. The Kier molecular flexibility index (Phi) is 3.63. The molecule has 0 aliphatic carbocycles. The Hall–Kier alpha value is -1.81. The lowest BCUT2D eigenvalue weighted by Crippen LogP contribution is -2.49. The molecule has 9 heteroatoms. The van der Waals surface area contributed by atoms with E-state index in [9.17, 15) is 0 Å². The number of hydrogen-bond acceptors (Lipinski definition) is 8. The van der Waals surface area contributed by atoms with E-state index in [0.717, 1.165) is 31.1 Å². The molecule has 1 aromatic heterocycles. The first-order valence-corrected chi connectivity index (χ1v) is 9.54. The Bertz CT molecular complexity index is 785. The van der Waals surface area contributed by atoms with Crippen molar-refractivity contribution in [2.75, 3.05) is 30.6 Å². The van der Waals surface area contributed by atoms with Crippen LogP contribution in [0.3, 0.4) is 0 Å². The Labute approximate surface area is 150 Å². The first-order chi connectivity index (χ1) is 12.3. The highest BCUT2D eigenvalue weighted by molar-refractivity contribution is 7.96. The third kappa shape index (κ3) is 2.34. The van der Waals surface area contributed by atoms with Gasteiger partial charge in [0.05, 0.1) is 31.1 Å². The van der Waals surface area contributed by atoms with E-state index in [1.165, 1.54) is 11.1 Å². The number of rotatable bonds is 2. The number of ether oxygens (including phenoxy) is 1. The largest absolute Gasteiger partial charge is 0.365 e. The van der Waals surface area contributed by atoms with Crippen LogP contribution < -0.4 is 10.4 Å². The summed E-state index contributed by atoms with van der Waals surface area (Å²) in [7, 11) is 0. The van der Waals surface area contributed by atoms with E-state index in [1.807, 2.05) is 17.1 Å². The van der Waals surface area contributed by atoms with Crippen LogP contribution in [0, 0.1) is 0 Å². The minimum atomic E-state index is 0.0325. The fourth-order valence-electron chi connectivity index (χ4n) is 3.66. The molecule has 0 bridgehead atoms. The molecule has 2 atom stereocenters. The number of hydrogen-bond donors (Lipinski definition) is 1. The molecule has 0 amide bonds. The highest BCUT2D eigenvalue weighted by atomic mass is 32.2. The second-order valence-electron chi connectivity index (χ2n) is 6.46. The van der Waals surface area contributed by atoms with Crippen LogP contribution in [0.1, 0.15) is 13.8 Å². The second-order valence-corrected chi connectivity index (χ2v) is 7.37. The van der Waals surface area contributed by atoms with Gasteiger partial charge in [0.2, 0.25) is 0 Å². The summed E-state index contributed by atoms with van der Waals surface area (Å²) in [6.07, 6.45) is 6.20. The molecule has 4 aliphatic heterocycles. The fourth-order valence-corrected chi connectivity index (χ4v) is 4.67. The van der Waals surface area contributed by atoms with Gasteiger partial charge in [-0.2, -0.15) is 14.5 Å². The predicted octanol–water partition coefficient (Wildman–Crippen LogP) is 1.29. The molecule has 1 fully saturated rings. The number of dihydropyridines is 1. The lowest BCUT2D eigenvalue weighted by atomic mass is 10.0. The molecule has 0 saturated carbocycles. The molecule has 2 unspecified atom stereocenters. The zero-order valence-electron chi connectivity index (χ0n) is 14.3. The molecule has 1 saturated heterocycles. The average Bonchev–Trinajstić information content (AvgIpc) is 3.27. The highest BCUT2D eigenvalue weighted by Crippen LogP contribution is 2.39. The van der Waals surface area contributed by atoms with Crippen molar-refractivity contribution in [1.29, 1.82) is 0 Å². The first kappa shape index (κ1) is 15.4. The van der Waals surface area contributed by atoms with E-state index in [4.69, 9.17) is 9.73 Å². The lowest BCUT2D eigenvalue weighted by molar-refractivity contribution is 0.0702. The molecule has 1 aromatic rings. The van der Waals surface area contributed by atoms with Gasteiger partial charge in [-0.15, -0.1) is 0 Å². The zero-order valence-corrected chi connectivity index (χ0v) is 15.1. The third-order valence-corrected chi connectivity index (χ3v) is 5.79. The number of fused-ring (bicyclic) bond motifs is 4. The Morgan fingerprint density at radius 3 is 3.20 bits per heavy atom. The first-order valence-electron chi connectivity index (χ1n) is 8.59. The average molecular weight is 359 g/mol.